The number of carbonyl (C=O) groups is 1. The number of hydrogen-bond acceptors (Lipinski definition) is 5. The van der Waals surface area contributed by atoms with Crippen LogP contribution in [0.1, 0.15) is 31.7 Å². The van der Waals surface area contributed by atoms with Crippen LogP contribution in [0.2, 0.25) is 5.02 Å². The normalized spacial score (nSPS) is 17.4. The van der Waals surface area contributed by atoms with Gasteiger partial charge in [-0.05, 0) is 61.6 Å². The Labute approximate surface area is 187 Å². The lowest BCUT2D eigenvalue weighted by Gasteiger charge is -2.23. The zero-order chi connectivity index (χ0) is 21.8. The maximum atomic E-state index is 12.6. The molecular weight excluding hydrogens is 412 g/mol. The fourth-order valence-corrected chi connectivity index (χ4v) is 4.15. The van der Waals surface area contributed by atoms with E-state index in [4.69, 9.17) is 22.1 Å². The number of nitrogens with two attached hydrogens (primary N) is 1. The number of nitrogen functional groups attached to an aromatic ring is 1. The van der Waals surface area contributed by atoms with Gasteiger partial charge < -0.3 is 15.8 Å². The third kappa shape index (κ3) is 5.14. The molecule has 1 fully saturated rings. The Morgan fingerprint density at radius 3 is 2.97 bits per heavy atom. The molecule has 0 spiro atoms. The van der Waals surface area contributed by atoms with E-state index >= 15 is 0 Å². The molecule has 162 valence electrons. The van der Waals surface area contributed by atoms with Gasteiger partial charge in [-0.25, -0.2) is 4.98 Å². The number of amides is 1. The summed E-state index contributed by atoms with van der Waals surface area (Å²) in [6, 6.07) is 11.5. The van der Waals surface area contributed by atoms with Crippen LogP contribution in [-0.4, -0.2) is 35.1 Å². The van der Waals surface area contributed by atoms with Crippen molar-refractivity contribution in [2.75, 3.05) is 18.9 Å². The van der Waals surface area contributed by atoms with Crippen LogP contribution in [0.3, 0.4) is 0 Å². The van der Waals surface area contributed by atoms with Gasteiger partial charge in [-0.15, -0.1) is 0 Å². The van der Waals surface area contributed by atoms with E-state index in [1.54, 1.807) is 12.3 Å². The molecule has 4 rings (SSSR count). The number of aromatic nitrogens is 2. The zero-order valence-electron chi connectivity index (χ0n) is 17.6. The number of anilines is 1. The summed E-state index contributed by atoms with van der Waals surface area (Å²) in [7, 11) is 0. The number of hydrogen-bond donors (Lipinski definition) is 2. The van der Waals surface area contributed by atoms with Crippen LogP contribution in [-0.2, 0) is 16.0 Å². The predicted molar refractivity (Wildman–Crippen MR) is 124 cm³/mol. The molecule has 7 heteroatoms. The first-order valence-corrected chi connectivity index (χ1v) is 11.1. The van der Waals surface area contributed by atoms with Gasteiger partial charge in [0.2, 0.25) is 5.91 Å². The first-order chi connectivity index (χ1) is 15.0. The molecule has 3 N–H and O–H groups in total. The molecule has 6 nitrogen and oxygen atoms in total. The van der Waals surface area contributed by atoms with Crippen LogP contribution in [0.5, 0.6) is 0 Å². The van der Waals surface area contributed by atoms with Gasteiger partial charge in [0, 0.05) is 36.2 Å². The number of rotatable bonds is 6. The summed E-state index contributed by atoms with van der Waals surface area (Å²) in [6.45, 7) is 3.24. The summed E-state index contributed by atoms with van der Waals surface area (Å²) >= 11 is 6.30. The van der Waals surface area contributed by atoms with Crippen molar-refractivity contribution in [1.82, 2.24) is 15.3 Å². The average Bonchev–Trinajstić information content (AvgIpc) is 2.78. The van der Waals surface area contributed by atoms with Crippen molar-refractivity contribution in [3.05, 3.63) is 53.2 Å². The molecule has 1 aliphatic heterocycles. The lowest BCUT2D eigenvalue weighted by Crippen LogP contribution is -2.38. The van der Waals surface area contributed by atoms with E-state index in [1.807, 2.05) is 37.3 Å². The summed E-state index contributed by atoms with van der Waals surface area (Å²) in [5.74, 6) is 0.229. The monoisotopic (exact) mass is 438 g/mol. The van der Waals surface area contributed by atoms with Crippen LogP contribution < -0.4 is 11.1 Å². The highest BCUT2D eigenvalue weighted by molar-refractivity contribution is 6.33. The van der Waals surface area contributed by atoms with Gasteiger partial charge >= 0.3 is 0 Å². The number of benzene rings is 1. The van der Waals surface area contributed by atoms with Gasteiger partial charge in [-0.2, -0.15) is 0 Å². The molecule has 0 saturated carbocycles. The van der Waals surface area contributed by atoms with E-state index in [0.29, 0.717) is 23.8 Å². The molecule has 2 atom stereocenters. The second kappa shape index (κ2) is 9.62. The van der Waals surface area contributed by atoms with E-state index in [1.165, 1.54) is 0 Å². The standard InChI is InChI=1S/C24H27ClN4O2/c1-15(24(30)28-14-19-5-2-3-10-31-19)11-18-13-17-12-16(7-8-21(17)29-23(18)26)22-20(25)6-4-9-27-22/h4,6-9,12-13,15,19H,2-3,5,10-11,14H2,1H3,(H2,26,29)(H,28,30)/t15?,19-/m0/s1. The molecule has 0 aliphatic carbocycles. The van der Waals surface area contributed by atoms with E-state index < -0.39 is 0 Å². The maximum absolute atomic E-state index is 12.6. The second-order valence-electron chi connectivity index (χ2n) is 8.11. The first-order valence-electron chi connectivity index (χ1n) is 10.7. The molecule has 1 amide bonds. The topological polar surface area (TPSA) is 90.1 Å². The average molecular weight is 439 g/mol. The van der Waals surface area contributed by atoms with E-state index in [9.17, 15) is 4.79 Å². The number of nitrogens with zero attached hydrogens (tertiary/aromatic N) is 2. The number of fused-ring (bicyclic) bond motifs is 1. The Balaban J connectivity index is 1.49. The molecule has 3 heterocycles. The van der Waals surface area contributed by atoms with Crippen molar-refractivity contribution in [3.8, 4) is 11.3 Å². The molecule has 0 bridgehead atoms. The van der Waals surface area contributed by atoms with Crippen molar-refractivity contribution < 1.29 is 9.53 Å². The van der Waals surface area contributed by atoms with Crippen LogP contribution in [0.25, 0.3) is 22.2 Å². The summed E-state index contributed by atoms with van der Waals surface area (Å²) in [5.41, 5.74) is 9.49. The summed E-state index contributed by atoms with van der Waals surface area (Å²) in [4.78, 5) is 21.5. The molecule has 1 aromatic carbocycles. The van der Waals surface area contributed by atoms with Gasteiger partial charge in [0.25, 0.3) is 0 Å². The zero-order valence-corrected chi connectivity index (χ0v) is 18.4. The van der Waals surface area contributed by atoms with Crippen molar-refractivity contribution >= 4 is 34.2 Å². The quantitative estimate of drug-likeness (QED) is 0.595. The van der Waals surface area contributed by atoms with Crippen molar-refractivity contribution in [2.24, 2.45) is 5.92 Å². The predicted octanol–water partition coefficient (Wildman–Crippen LogP) is 4.40. The van der Waals surface area contributed by atoms with Gasteiger partial charge in [0.1, 0.15) is 5.82 Å². The number of pyridine rings is 2. The van der Waals surface area contributed by atoms with Crippen molar-refractivity contribution in [2.45, 2.75) is 38.7 Å². The Morgan fingerprint density at radius 1 is 1.32 bits per heavy atom. The largest absolute Gasteiger partial charge is 0.383 e. The third-order valence-electron chi connectivity index (χ3n) is 5.71. The highest BCUT2D eigenvalue weighted by Crippen LogP contribution is 2.29. The summed E-state index contributed by atoms with van der Waals surface area (Å²) in [6.07, 6.45) is 5.61. The van der Waals surface area contributed by atoms with Gasteiger partial charge in [-0.3, -0.25) is 9.78 Å². The van der Waals surface area contributed by atoms with Crippen molar-refractivity contribution in [1.29, 1.82) is 0 Å². The van der Waals surface area contributed by atoms with Crippen LogP contribution in [0.4, 0.5) is 5.82 Å². The fraction of sp³-hybridized carbons (Fsp3) is 0.375. The minimum Gasteiger partial charge on any atom is -0.383 e. The third-order valence-corrected chi connectivity index (χ3v) is 6.02. The lowest BCUT2D eigenvalue weighted by molar-refractivity contribution is -0.125. The Bertz CT molecular complexity index is 1080. The molecule has 1 saturated heterocycles. The summed E-state index contributed by atoms with van der Waals surface area (Å²) in [5, 5.41) is 4.55. The molecule has 3 aromatic rings. The maximum Gasteiger partial charge on any atom is 0.223 e. The Morgan fingerprint density at radius 2 is 2.19 bits per heavy atom. The minimum atomic E-state index is -0.224. The highest BCUT2D eigenvalue weighted by Gasteiger charge is 2.19. The fourth-order valence-electron chi connectivity index (χ4n) is 3.92. The first kappa shape index (κ1) is 21.5. The molecule has 1 unspecified atom stereocenters. The number of ether oxygens (including phenoxy) is 1. The lowest BCUT2D eigenvalue weighted by atomic mass is 9.98. The minimum absolute atomic E-state index is 0.00249. The van der Waals surface area contributed by atoms with Crippen LogP contribution in [0.15, 0.2) is 42.6 Å². The van der Waals surface area contributed by atoms with Gasteiger partial charge in [-0.1, -0.05) is 24.6 Å². The summed E-state index contributed by atoms with van der Waals surface area (Å²) < 4.78 is 5.69. The Kier molecular flexibility index (Phi) is 6.68. The smallest absolute Gasteiger partial charge is 0.223 e. The number of halogens is 1. The molecule has 1 aliphatic rings. The Hall–Kier alpha value is -2.70. The molecular formula is C24H27ClN4O2. The van der Waals surface area contributed by atoms with Crippen LogP contribution in [0, 0.1) is 5.92 Å². The number of carbonyl (C=O) groups excluding carboxylic acids is 1. The second-order valence-corrected chi connectivity index (χ2v) is 8.52. The van der Waals surface area contributed by atoms with E-state index in [2.05, 4.69) is 15.3 Å². The highest BCUT2D eigenvalue weighted by atomic mass is 35.5. The van der Waals surface area contributed by atoms with Crippen molar-refractivity contribution in [3.63, 3.8) is 0 Å². The van der Waals surface area contributed by atoms with Gasteiger partial charge in [0.05, 0.1) is 22.3 Å². The van der Waals surface area contributed by atoms with E-state index in [0.717, 1.165) is 53.6 Å². The molecule has 2 aromatic heterocycles. The van der Waals surface area contributed by atoms with E-state index in [-0.39, 0.29) is 17.9 Å². The molecule has 31 heavy (non-hydrogen) atoms. The molecule has 0 radical (unpaired) electrons. The van der Waals surface area contributed by atoms with Gasteiger partial charge in [0.15, 0.2) is 0 Å². The number of nitrogens with one attached hydrogen (secondary N) is 1. The SMILES string of the molecule is CC(Cc1cc2cc(-c3ncccc3Cl)ccc2nc1N)C(=O)NC[C@@H]1CCCCO1. The van der Waals surface area contributed by atoms with Crippen LogP contribution >= 0.6 is 11.6 Å².